The van der Waals surface area contributed by atoms with E-state index in [0.717, 1.165) is 21.3 Å². The van der Waals surface area contributed by atoms with Crippen LogP contribution in [0.4, 0.5) is 5.69 Å². The number of carbonyl (C=O) groups is 1. The van der Waals surface area contributed by atoms with Crippen LogP contribution in [0.15, 0.2) is 47.4 Å². The fourth-order valence-corrected chi connectivity index (χ4v) is 3.26. The van der Waals surface area contributed by atoms with Crippen molar-refractivity contribution in [3.8, 4) is 0 Å². The first kappa shape index (κ1) is 18.1. The van der Waals surface area contributed by atoms with Gasteiger partial charge in [-0.25, -0.2) is 8.42 Å². The Morgan fingerprint density at radius 1 is 1.08 bits per heavy atom. The highest BCUT2D eigenvalue weighted by Gasteiger charge is 2.22. The lowest BCUT2D eigenvalue weighted by Crippen LogP contribution is -2.26. The van der Waals surface area contributed by atoms with Gasteiger partial charge in [-0.1, -0.05) is 28.7 Å². The molecule has 0 spiro atoms. The number of hydrogen-bond acceptors (Lipinski definition) is 4. The molecule has 24 heavy (non-hydrogen) atoms. The largest absolute Gasteiger partial charge is 0.322 e. The zero-order valence-electron chi connectivity index (χ0n) is 14.0. The first-order chi connectivity index (χ1) is 11.3. The zero-order chi connectivity index (χ0) is 17.9. The van der Waals surface area contributed by atoms with Gasteiger partial charge in [0.2, 0.25) is 0 Å². The number of hydroxylamine groups is 1. The highest BCUT2D eigenvalue weighted by molar-refractivity contribution is 7.89. The molecular formula is C17H20N2O4S. The second-order valence-corrected chi connectivity index (χ2v) is 7.28. The first-order valence-electron chi connectivity index (χ1n) is 7.28. The molecule has 2 aromatic carbocycles. The highest BCUT2D eigenvalue weighted by Crippen LogP contribution is 2.21. The van der Waals surface area contributed by atoms with Gasteiger partial charge in [-0.3, -0.25) is 9.63 Å². The quantitative estimate of drug-likeness (QED) is 0.843. The molecule has 0 bridgehead atoms. The lowest BCUT2D eigenvalue weighted by Gasteiger charge is -2.15. The van der Waals surface area contributed by atoms with E-state index in [1.54, 1.807) is 6.07 Å². The molecule has 0 aliphatic heterocycles. The normalized spacial score (nSPS) is 11.5. The Labute approximate surface area is 142 Å². The predicted octanol–water partition coefficient (Wildman–Crippen LogP) is 2.74. The van der Waals surface area contributed by atoms with E-state index in [0.29, 0.717) is 0 Å². The van der Waals surface area contributed by atoms with Crippen molar-refractivity contribution in [2.45, 2.75) is 18.7 Å². The Morgan fingerprint density at radius 3 is 2.25 bits per heavy atom. The van der Waals surface area contributed by atoms with Crippen LogP contribution in [0.1, 0.15) is 21.5 Å². The minimum atomic E-state index is -3.80. The molecule has 0 aromatic heterocycles. The molecule has 0 aliphatic carbocycles. The van der Waals surface area contributed by atoms with E-state index in [4.69, 9.17) is 4.84 Å². The molecule has 2 aromatic rings. The second-order valence-electron chi connectivity index (χ2n) is 5.35. The van der Waals surface area contributed by atoms with Crippen LogP contribution in [-0.2, 0) is 14.9 Å². The third-order valence-corrected chi connectivity index (χ3v) is 5.39. The number of para-hydroxylation sites is 1. The number of nitrogens with one attached hydrogen (secondary N) is 1. The number of rotatable bonds is 5. The summed E-state index contributed by atoms with van der Waals surface area (Å²) in [6.07, 6.45) is 0. The van der Waals surface area contributed by atoms with E-state index < -0.39 is 10.0 Å². The van der Waals surface area contributed by atoms with Crippen molar-refractivity contribution in [3.63, 3.8) is 0 Å². The average Bonchev–Trinajstić information content (AvgIpc) is 2.57. The van der Waals surface area contributed by atoms with Gasteiger partial charge in [-0.2, -0.15) is 0 Å². The zero-order valence-corrected chi connectivity index (χ0v) is 14.8. The van der Waals surface area contributed by atoms with Crippen molar-refractivity contribution >= 4 is 21.6 Å². The summed E-state index contributed by atoms with van der Waals surface area (Å²) < 4.78 is 25.3. The van der Waals surface area contributed by atoms with Crippen LogP contribution in [0.3, 0.4) is 0 Å². The van der Waals surface area contributed by atoms with E-state index >= 15 is 0 Å². The van der Waals surface area contributed by atoms with Crippen LogP contribution in [0.2, 0.25) is 0 Å². The van der Waals surface area contributed by atoms with Crippen molar-refractivity contribution in [2.24, 2.45) is 0 Å². The molecule has 1 amide bonds. The number of carbonyl (C=O) groups excluding carboxylic acids is 1. The molecule has 7 heteroatoms. The number of benzene rings is 2. The van der Waals surface area contributed by atoms with Gasteiger partial charge in [-0.15, -0.1) is 0 Å². The summed E-state index contributed by atoms with van der Waals surface area (Å²) in [5, 5.41) is 2.84. The van der Waals surface area contributed by atoms with Crippen LogP contribution >= 0.6 is 0 Å². The second kappa shape index (κ2) is 7.12. The van der Waals surface area contributed by atoms with Crippen molar-refractivity contribution in [1.29, 1.82) is 0 Å². The summed E-state index contributed by atoms with van der Waals surface area (Å²) in [6, 6.07) is 11.5. The minimum Gasteiger partial charge on any atom is -0.322 e. The molecule has 0 aliphatic rings. The number of hydrogen-bond donors (Lipinski definition) is 1. The molecule has 6 nitrogen and oxygen atoms in total. The van der Waals surface area contributed by atoms with E-state index in [9.17, 15) is 13.2 Å². The molecule has 0 atom stereocenters. The Morgan fingerprint density at radius 2 is 1.67 bits per heavy atom. The lowest BCUT2D eigenvalue weighted by atomic mass is 10.1. The fraction of sp³-hybridized carbons (Fsp3) is 0.235. The molecule has 0 fully saturated rings. The molecule has 0 saturated heterocycles. The molecule has 2 rings (SSSR count). The summed E-state index contributed by atoms with van der Waals surface area (Å²) >= 11 is 0. The van der Waals surface area contributed by atoms with Crippen LogP contribution in [0, 0.1) is 13.8 Å². The van der Waals surface area contributed by atoms with Crippen LogP contribution in [0.25, 0.3) is 0 Å². The molecule has 0 unspecified atom stereocenters. The SMILES string of the molecule is CON(C)S(=O)(=O)c1cccc(C(=O)Nc2c(C)cccc2C)c1. The molecule has 0 radical (unpaired) electrons. The van der Waals surface area contributed by atoms with E-state index in [1.165, 1.54) is 32.4 Å². The monoisotopic (exact) mass is 348 g/mol. The van der Waals surface area contributed by atoms with Crippen molar-refractivity contribution < 1.29 is 18.0 Å². The number of anilines is 1. The Bertz CT molecular complexity index is 842. The van der Waals surface area contributed by atoms with Gasteiger partial charge in [0, 0.05) is 18.3 Å². The standard InChI is InChI=1S/C17H20N2O4S/c1-12-7-5-8-13(2)16(12)18-17(20)14-9-6-10-15(11-14)24(21,22)19(3)23-4/h5-11H,1-4H3,(H,18,20). The molecule has 0 saturated carbocycles. The van der Waals surface area contributed by atoms with E-state index in [2.05, 4.69) is 5.32 Å². The highest BCUT2D eigenvalue weighted by atomic mass is 32.2. The maximum Gasteiger partial charge on any atom is 0.264 e. The number of aryl methyl sites for hydroxylation is 2. The van der Waals surface area contributed by atoms with Crippen molar-refractivity contribution in [2.75, 3.05) is 19.5 Å². The molecule has 128 valence electrons. The third-order valence-electron chi connectivity index (χ3n) is 3.71. The van der Waals surface area contributed by atoms with Gasteiger partial charge in [0.1, 0.15) is 0 Å². The van der Waals surface area contributed by atoms with Gasteiger partial charge in [0.25, 0.3) is 15.9 Å². The van der Waals surface area contributed by atoms with E-state index in [-0.39, 0.29) is 16.4 Å². The Kier molecular flexibility index (Phi) is 5.38. The lowest BCUT2D eigenvalue weighted by molar-refractivity contribution is -0.0258. The first-order valence-corrected chi connectivity index (χ1v) is 8.72. The van der Waals surface area contributed by atoms with Gasteiger partial charge >= 0.3 is 0 Å². The Balaban J connectivity index is 2.34. The van der Waals surface area contributed by atoms with Gasteiger partial charge in [0.05, 0.1) is 12.0 Å². The fourth-order valence-electron chi connectivity index (χ4n) is 2.24. The number of nitrogens with zero attached hydrogens (tertiary/aromatic N) is 1. The summed E-state index contributed by atoms with van der Waals surface area (Å²) in [7, 11) is -1.25. The topological polar surface area (TPSA) is 75.7 Å². The number of amides is 1. The van der Waals surface area contributed by atoms with Crippen LogP contribution < -0.4 is 5.32 Å². The molecule has 1 N–H and O–H groups in total. The van der Waals surface area contributed by atoms with Gasteiger partial charge in [0.15, 0.2) is 0 Å². The van der Waals surface area contributed by atoms with Crippen molar-refractivity contribution in [1.82, 2.24) is 4.47 Å². The summed E-state index contributed by atoms with van der Waals surface area (Å²) in [6.45, 7) is 3.80. The predicted molar refractivity (Wildman–Crippen MR) is 92.3 cm³/mol. The van der Waals surface area contributed by atoms with E-state index in [1.807, 2.05) is 32.0 Å². The third kappa shape index (κ3) is 3.64. The molecular weight excluding hydrogens is 328 g/mol. The van der Waals surface area contributed by atoms with Crippen LogP contribution in [0.5, 0.6) is 0 Å². The minimum absolute atomic E-state index is 0.0130. The maximum absolute atomic E-state index is 12.5. The summed E-state index contributed by atoms with van der Waals surface area (Å²) in [5.41, 5.74) is 2.85. The molecule has 0 heterocycles. The Hall–Kier alpha value is -2.22. The average molecular weight is 348 g/mol. The maximum atomic E-state index is 12.5. The van der Waals surface area contributed by atoms with Crippen molar-refractivity contribution in [3.05, 3.63) is 59.2 Å². The number of sulfonamides is 1. The smallest absolute Gasteiger partial charge is 0.264 e. The van der Waals surface area contributed by atoms with Crippen LogP contribution in [-0.4, -0.2) is 33.0 Å². The summed E-state index contributed by atoms with van der Waals surface area (Å²) in [5.74, 6) is -0.371. The van der Waals surface area contributed by atoms with Gasteiger partial charge in [-0.05, 0) is 43.2 Å². The summed E-state index contributed by atoms with van der Waals surface area (Å²) in [4.78, 5) is 17.2. The van der Waals surface area contributed by atoms with Gasteiger partial charge < -0.3 is 5.32 Å².